The van der Waals surface area contributed by atoms with E-state index in [2.05, 4.69) is 5.73 Å². The minimum Gasteiger partial charge on any atom is -0.384 e. The first-order chi connectivity index (χ1) is 3.66. The lowest BCUT2D eigenvalue weighted by molar-refractivity contribution is -0.113. The fraction of sp³-hybridized carbons (Fsp3) is 0. The van der Waals surface area contributed by atoms with Crippen LogP contribution in [-0.2, 0) is 4.79 Å². The molecule has 0 aliphatic heterocycles. The van der Waals surface area contributed by atoms with Crippen LogP contribution in [0.5, 0.6) is 0 Å². The van der Waals surface area contributed by atoms with Crippen molar-refractivity contribution in [3.63, 3.8) is 0 Å². The number of carbonyl (C=O) groups is 1. The van der Waals surface area contributed by atoms with Crippen LogP contribution in [-0.4, -0.2) is 11.1 Å². The third kappa shape index (κ3) is 2.98. The van der Waals surface area contributed by atoms with Crippen LogP contribution >= 0.6 is 0 Å². The molecule has 0 atom stereocenters. The average molecular weight is 117 g/mol. The van der Waals surface area contributed by atoms with Gasteiger partial charge in [-0.2, -0.15) is 0 Å². The van der Waals surface area contributed by atoms with Gasteiger partial charge < -0.3 is 11.5 Å². The quantitative estimate of drug-likeness (QED) is 0.254. The lowest BCUT2D eigenvalue weighted by Gasteiger charge is -1.92. The Bertz CT molecular complexity index is 120. The molecule has 0 spiro atoms. The van der Waals surface area contributed by atoms with Crippen LogP contribution < -0.4 is 16.9 Å². The molecule has 0 unspecified atom stereocenters. The zero-order valence-corrected chi connectivity index (χ0v) is 4.09. The Labute approximate surface area is 45.9 Å². The normalized spacial score (nSPS) is 10.9. The maximum atomic E-state index is 9.88. The molecule has 0 radical (unpaired) electrons. The summed E-state index contributed by atoms with van der Waals surface area (Å²) in [5.74, 6) is -0.874. The van der Waals surface area contributed by atoms with Gasteiger partial charge in [-0.25, -0.2) is 0 Å². The van der Waals surface area contributed by atoms with Crippen molar-refractivity contribution < 1.29 is 10.0 Å². The number of rotatable bonds is 2. The SMILES string of the molecule is NC(=O)C=C(N)NO. The van der Waals surface area contributed by atoms with Crippen LogP contribution in [0, 0.1) is 0 Å². The second-order valence-corrected chi connectivity index (χ2v) is 1.11. The summed E-state index contributed by atoms with van der Waals surface area (Å²) in [5.41, 5.74) is 11.0. The van der Waals surface area contributed by atoms with Crippen molar-refractivity contribution in [2.24, 2.45) is 11.5 Å². The molecular formula is C3H7N3O2. The first-order valence-corrected chi connectivity index (χ1v) is 1.83. The minimum atomic E-state index is -0.705. The molecule has 0 aromatic rings. The van der Waals surface area contributed by atoms with Gasteiger partial charge in [-0.15, -0.1) is 0 Å². The molecule has 5 nitrogen and oxygen atoms in total. The van der Waals surface area contributed by atoms with E-state index in [1.165, 1.54) is 5.48 Å². The smallest absolute Gasteiger partial charge is 0.245 e. The van der Waals surface area contributed by atoms with E-state index >= 15 is 0 Å². The van der Waals surface area contributed by atoms with E-state index in [1.807, 2.05) is 0 Å². The van der Waals surface area contributed by atoms with E-state index in [-0.39, 0.29) is 5.82 Å². The molecule has 46 valence electrons. The van der Waals surface area contributed by atoms with Crippen molar-refractivity contribution in [1.82, 2.24) is 5.48 Å². The monoisotopic (exact) mass is 117 g/mol. The van der Waals surface area contributed by atoms with Gasteiger partial charge in [0, 0.05) is 6.08 Å². The summed E-state index contributed by atoms with van der Waals surface area (Å²) < 4.78 is 0. The molecule has 0 aromatic heterocycles. The molecule has 0 saturated heterocycles. The van der Waals surface area contributed by atoms with Crippen molar-refractivity contribution >= 4 is 5.91 Å². The van der Waals surface area contributed by atoms with Crippen molar-refractivity contribution in [3.05, 3.63) is 11.9 Å². The Morgan fingerprint density at radius 3 is 2.25 bits per heavy atom. The largest absolute Gasteiger partial charge is 0.384 e. The summed E-state index contributed by atoms with van der Waals surface area (Å²) in [6.07, 6.45) is 0.861. The fourth-order valence-corrected chi connectivity index (χ4v) is 0.186. The summed E-state index contributed by atoms with van der Waals surface area (Å²) in [6, 6.07) is 0. The van der Waals surface area contributed by atoms with E-state index in [1.54, 1.807) is 0 Å². The Hall–Kier alpha value is -1.23. The second-order valence-electron chi connectivity index (χ2n) is 1.11. The maximum absolute atomic E-state index is 9.88. The molecular weight excluding hydrogens is 110 g/mol. The highest BCUT2D eigenvalue weighted by Gasteiger charge is 1.86. The molecule has 6 N–H and O–H groups in total. The average Bonchev–Trinajstić information content (AvgIpc) is 1.65. The highest BCUT2D eigenvalue weighted by atomic mass is 16.5. The molecule has 0 fully saturated rings. The van der Waals surface area contributed by atoms with E-state index in [0.717, 1.165) is 6.08 Å². The molecule has 0 aliphatic carbocycles. The summed E-state index contributed by atoms with van der Waals surface area (Å²) >= 11 is 0. The number of nitrogens with one attached hydrogen (secondary N) is 1. The van der Waals surface area contributed by atoms with Gasteiger partial charge in [-0.3, -0.25) is 15.5 Å². The Balaban J connectivity index is 3.75. The number of amides is 1. The van der Waals surface area contributed by atoms with Crippen molar-refractivity contribution in [1.29, 1.82) is 0 Å². The molecule has 5 heteroatoms. The standard InChI is InChI=1S/C3H7N3O2/c4-2(6-8)1-3(5)7/h1,6,8H,4H2,(H2,5,7). The summed E-state index contributed by atoms with van der Waals surface area (Å²) in [6.45, 7) is 0. The molecule has 0 heterocycles. The summed E-state index contributed by atoms with van der Waals surface area (Å²) in [5, 5.41) is 7.93. The van der Waals surface area contributed by atoms with E-state index in [9.17, 15) is 4.79 Å². The van der Waals surface area contributed by atoms with Gasteiger partial charge >= 0.3 is 0 Å². The predicted octanol–water partition coefficient (Wildman–Crippen LogP) is -1.75. The molecule has 0 saturated carbocycles. The molecule has 0 aliphatic rings. The lowest BCUT2D eigenvalue weighted by Crippen LogP contribution is -2.19. The van der Waals surface area contributed by atoms with Crippen LogP contribution in [0.4, 0.5) is 0 Å². The van der Waals surface area contributed by atoms with Crippen LogP contribution in [0.15, 0.2) is 11.9 Å². The van der Waals surface area contributed by atoms with E-state index < -0.39 is 5.91 Å². The minimum absolute atomic E-state index is 0.169. The maximum Gasteiger partial charge on any atom is 0.245 e. The Morgan fingerprint density at radius 2 is 2.12 bits per heavy atom. The summed E-state index contributed by atoms with van der Waals surface area (Å²) in [4.78, 5) is 9.88. The number of primary amides is 1. The third-order valence-corrected chi connectivity index (χ3v) is 0.427. The highest BCUT2D eigenvalue weighted by molar-refractivity contribution is 5.86. The van der Waals surface area contributed by atoms with Gasteiger partial charge in [0.15, 0.2) is 0 Å². The van der Waals surface area contributed by atoms with Gasteiger partial charge in [0.05, 0.1) is 0 Å². The number of hydroxylamine groups is 1. The highest BCUT2D eigenvalue weighted by Crippen LogP contribution is 1.69. The number of carbonyl (C=O) groups excluding carboxylic acids is 1. The fourth-order valence-electron chi connectivity index (χ4n) is 0.186. The van der Waals surface area contributed by atoms with Gasteiger partial charge in [0.2, 0.25) is 5.91 Å². The van der Waals surface area contributed by atoms with Crippen LogP contribution in [0.2, 0.25) is 0 Å². The second kappa shape index (κ2) is 2.86. The van der Waals surface area contributed by atoms with Crippen molar-refractivity contribution in [2.75, 3.05) is 0 Å². The number of hydrogen-bond donors (Lipinski definition) is 4. The van der Waals surface area contributed by atoms with Crippen molar-refractivity contribution in [2.45, 2.75) is 0 Å². The number of nitrogens with two attached hydrogens (primary N) is 2. The first-order valence-electron chi connectivity index (χ1n) is 1.83. The van der Waals surface area contributed by atoms with Crippen LogP contribution in [0.3, 0.4) is 0 Å². The van der Waals surface area contributed by atoms with Crippen LogP contribution in [0.1, 0.15) is 0 Å². The topological polar surface area (TPSA) is 101 Å². The summed E-state index contributed by atoms with van der Waals surface area (Å²) in [7, 11) is 0. The third-order valence-electron chi connectivity index (χ3n) is 0.427. The Kier molecular flexibility index (Phi) is 2.42. The Morgan fingerprint density at radius 1 is 1.62 bits per heavy atom. The zero-order valence-electron chi connectivity index (χ0n) is 4.09. The van der Waals surface area contributed by atoms with E-state index in [4.69, 9.17) is 10.9 Å². The predicted molar refractivity (Wildman–Crippen MR) is 26.4 cm³/mol. The molecule has 1 amide bonds. The molecule has 8 heavy (non-hydrogen) atoms. The van der Waals surface area contributed by atoms with Gasteiger partial charge in [0.1, 0.15) is 5.82 Å². The van der Waals surface area contributed by atoms with Crippen LogP contribution in [0.25, 0.3) is 0 Å². The van der Waals surface area contributed by atoms with Gasteiger partial charge in [0.25, 0.3) is 0 Å². The van der Waals surface area contributed by atoms with Gasteiger partial charge in [-0.1, -0.05) is 0 Å². The molecule has 0 aromatic carbocycles. The van der Waals surface area contributed by atoms with E-state index in [0.29, 0.717) is 0 Å². The zero-order chi connectivity index (χ0) is 6.57. The first kappa shape index (κ1) is 6.77. The van der Waals surface area contributed by atoms with Crippen molar-refractivity contribution in [3.8, 4) is 0 Å². The molecule has 0 rings (SSSR count). The lowest BCUT2D eigenvalue weighted by atomic mass is 10.5. The number of hydrogen-bond acceptors (Lipinski definition) is 4. The molecule has 0 bridgehead atoms. The van der Waals surface area contributed by atoms with Gasteiger partial charge in [-0.05, 0) is 0 Å².